The van der Waals surface area contributed by atoms with Crippen LogP contribution in [0.5, 0.6) is 5.75 Å². The second kappa shape index (κ2) is 8.78. The van der Waals surface area contributed by atoms with Gasteiger partial charge in [0.15, 0.2) is 0 Å². The van der Waals surface area contributed by atoms with E-state index in [1.165, 1.54) is 34.5 Å². The highest BCUT2D eigenvalue weighted by Crippen LogP contribution is 2.30. The summed E-state index contributed by atoms with van der Waals surface area (Å²) < 4.78 is 1.18. The number of rotatable bonds is 6. The molecule has 32 heavy (non-hydrogen) atoms. The normalized spacial score (nSPS) is 11.1. The molecular formula is C21H14N5O5S-. The van der Waals surface area contributed by atoms with Gasteiger partial charge in [0.05, 0.1) is 22.9 Å². The summed E-state index contributed by atoms with van der Waals surface area (Å²) in [5.74, 6) is -1.31. The van der Waals surface area contributed by atoms with Crippen molar-refractivity contribution in [2.75, 3.05) is 0 Å². The van der Waals surface area contributed by atoms with Gasteiger partial charge in [0.25, 0.3) is 17.2 Å². The summed E-state index contributed by atoms with van der Waals surface area (Å²) in [6.45, 7) is -0.317. The summed E-state index contributed by atoms with van der Waals surface area (Å²) in [7, 11) is 0. The largest absolute Gasteiger partial charge is 0.868 e. The van der Waals surface area contributed by atoms with Gasteiger partial charge in [0, 0.05) is 22.6 Å². The van der Waals surface area contributed by atoms with Crippen molar-refractivity contribution in [2.24, 2.45) is 5.10 Å². The molecule has 2 aromatic carbocycles. The van der Waals surface area contributed by atoms with E-state index >= 15 is 0 Å². The first-order valence-corrected chi connectivity index (χ1v) is 10.1. The Labute approximate surface area is 184 Å². The van der Waals surface area contributed by atoms with Crippen molar-refractivity contribution < 1.29 is 14.8 Å². The molecule has 0 saturated heterocycles. The van der Waals surface area contributed by atoms with Gasteiger partial charge in [-0.2, -0.15) is 5.10 Å². The molecule has 0 aliphatic carbocycles. The third kappa shape index (κ3) is 4.23. The zero-order chi connectivity index (χ0) is 22.7. The average Bonchev–Trinajstić information content (AvgIpc) is 3.22. The fraction of sp³-hybridized carbons (Fsp3) is 0.0476. The highest BCUT2D eigenvalue weighted by Gasteiger charge is 2.14. The van der Waals surface area contributed by atoms with Gasteiger partial charge in [-0.15, -0.1) is 11.3 Å². The molecule has 4 rings (SSSR count). The van der Waals surface area contributed by atoms with Crippen molar-refractivity contribution in [1.82, 2.24) is 15.0 Å². The molecule has 1 amide bonds. The summed E-state index contributed by atoms with van der Waals surface area (Å²) in [6, 6.07) is 12.9. The Morgan fingerprint density at radius 2 is 2.03 bits per heavy atom. The molecule has 0 unspecified atom stereocenters. The van der Waals surface area contributed by atoms with Crippen LogP contribution in [0.15, 0.2) is 70.1 Å². The van der Waals surface area contributed by atoms with Crippen LogP contribution in [-0.2, 0) is 11.3 Å². The third-order valence-electron chi connectivity index (χ3n) is 4.54. The van der Waals surface area contributed by atoms with Gasteiger partial charge in [-0.05, 0) is 11.3 Å². The van der Waals surface area contributed by atoms with Crippen LogP contribution in [0.25, 0.3) is 21.3 Å². The third-order valence-corrected chi connectivity index (χ3v) is 5.43. The van der Waals surface area contributed by atoms with Crippen LogP contribution in [0, 0.1) is 10.1 Å². The van der Waals surface area contributed by atoms with E-state index in [1.54, 1.807) is 0 Å². The van der Waals surface area contributed by atoms with Crippen molar-refractivity contribution in [2.45, 2.75) is 6.54 Å². The number of amides is 1. The van der Waals surface area contributed by atoms with Gasteiger partial charge in [-0.25, -0.2) is 10.4 Å². The molecule has 0 spiro atoms. The molecule has 0 aliphatic heterocycles. The molecule has 0 aliphatic rings. The number of hydrogen-bond donors (Lipinski definition) is 1. The lowest BCUT2D eigenvalue weighted by Crippen LogP contribution is -2.30. The number of nitro groups is 1. The van der Waals surface area contributed by atoms with Crippen molar-refractivity contribution in [3.8, 4) is 16.9 Å². The topological polar surface area (TPSA) is 143 Å². The van der Waals surface area contributed by atoms with Crippen molar-refractivity contribution in [3.63, 3.8) is 0 Å². The van der Waals surface area contributed by atoms with Crippen LogP contribution in [0.1, 0.15) is 5.56 Å². The number of nitrogens with one attached hydrogen (secondary N) is 1. The lowest BCUT2D eigenvalue weighted by Gasteiger charge is -2.06. The Morgan fingerprint density at radius 1 is 1.25 bits per heavy atom. The molecule has 0 radical (unpaired) electrons. The predicted molar refractivity (Wildman–Crippen MR) is 118 cm³/mol. The maximum Gasteiger partial charge on any atom is 0.263 e. The van der Waals surface area contributed by atoms with Gasteiger partial charge in [0.2, 0.25) is 0 Å². The molecule has 10 nitrogen and oxygen atoms in total. The second-order valence-electron chi connectivity index (χ2n) is 6.65. The van der Waals surface area contributed by atoms with E-state index in [2.05, 4.69) is 15.5 Å². The minimum Gasteiger partial charge on any atom is -0.868 e. The van der Waals surface area contributed by atoms with Gasteiger partial charge in [-0.3, -0.25) is 24.3 Å². The molecule has 2 heterocycles. The first-order valence-electron chi connectivity index (χ1n) is 9.23. The van der Waals surface area contributed by atoms with Crippen molar-refractivity contribution >= 4 is 39.4 Å². The van der Waals surface area contributed by atoms with E-state index in [4.69, 9.17) is 0 Å². The maximum atomic E-state index is 13.0. The zero-order valence-electron chi connectivity index (χ0n) is 16.3. The van der Waals surface area contributed by atoms with Crippen LogP contribution < -0.4 is 16.1 Å². The van der Waals surface area contributed by atoms with Gasteiger partial charge >= 0.3 is 0 Å². The van der Waals surface area contributed by atoms with Gasteiger partial charge in [-0.1, -0.05) is 42.5 Å². The van der Waals surface area contributed by atoms with E-state index < -0.39 is 22.3 Å². The minimum atomic E-state index is -0.790. The van der Waals surface area contributed by atoms with Crippen molar-refractivity contribution in [1.29, 1.82) is 0 Å². The number of thiophene rings is 1. The number of carbonyl (C=O) groups is 1. The number of nitrogens with zero attached hydrogens (tertiary/aromatic N) is 4. The van der Waals surface area contributed by atoms with E-state index in [9.17, 15) is 24.8 Å². The Bertz CT molecular complexity index is 1410. The standard InChI is InChI=1S/C21H15N5O5S/c27-17-7-6-13(8-16(17)26(30)31)9-23-24-18(28)10-25-12-22-20-19(21(25)29)15(11-32-20)14-4-2-1-3-5-14/h1-9,11-12,27H,10H2,(H,24,28)/p-1/b23-9-. The molecule has 0 fully saturated rings. The summed E-state index contributed by atoms with van der Waals surface area (Å²) in [6.07, 6.45) is 2.47. The fourth-order valence-corrected chi connectivity index (χ4v) is 3.94. The predicted octanol–water partition coefficient (Wildman–Crippen LogP) is 2.26. The SMILES string of the molecule is O=C(Cn1cnc2scc(-c3ccccc3)c2c1=O)N/N=C\c1ccc([O-])c([N+](=O)[O-])c1. The van der Waals surface area contributed by atoms with Crippen LogP contribution in [0.3, 0.4) is 0 Å². The molecule has 160 valence electrons. The monoisotopic (exact) mass is 448 g/mol. The van der Waals surface area contributed by atoms with Crippen LogP contribution in [0.2, 0.25) is 0 Å². The number of aromatic nitrogens is 2. The molecule has 4 aromatic rings. The minimum absolute atomic E-state index is 0.266. The van der Waals surface area contributed by atoms with Crippen LogP contribution in [0.4, 0.5) is 5.69 Å². The number of nitro benzene ring substituents is 1. The first-order chi connectivity index (χ1) is 15.4. The van der Waals surface area contributed by atoms with E-state index in [-0.39, 0.29) is 17.7 Å². The average molecular weight is 448 g/mol. The number of benzene rings is 2. The Kier molecular flexibility index (Phi) is 5.73. The molecule has 0 saturated carbocycles. The Morgan fingerprint density at radius 3 is 2.78 bits per heavy atom. The summed E-state index contributed by atoms with van der Waals surface area (Å²) in [5.41, 5.74) is 3.21. The van der Waals surface area contributed by atoms with E-state index in [0.29, 0.717) is 10.2 Å². The number of carbonyl (C=O) groups excluding carboxylic acids is 1. The lowest BCUT2D eigenvalue weighted by molar-refractivity contribution is -0.398. The quantitative estimate of drug-likeness (QED) is 0.272. The lowest BCUT2D eigenvalue weighted by atomic mass is 10.1. The zero-order valence-corrected chi connectivity index (χ0v) is 17.1. The highest BCUT2D eigenvalue weighted by molar-refractivity contribution is 7.17. The van der Waals surface area contributed by atoms with E-state index in [1.807, 2.05) is 35.7 Å². The second-order valence-corrected chi connectivity index (χ2v) is 7.51. The van der Waals surface area contributed by atoms with Gasteiger partial charge < -0.3 is 5.11 Å². The van der Waals surface area contributed by atoms with Gasteiger partial charge in [0.1, 0.15) is 11.4 Å². The number of fused-ring (bicyclic) bond motifs is 1. The number of hydrogen-bond acceptors (Lipinski definition) is 8. The fourth-order valence-electron chi connectivity index (χ4n) is 3.04. The van der Waals surface area contributed by atoms with Crippen LogP contribution in [-0.4, -0.2) is 26.6 Å². The first kappa shape index (κ1) is 20.9. The molecule has 0 bridgehead atoms. The Balaban J connectivity index is 1.51. The molecule has 1 N–H and O–H groups in total. The summed E-state index contributed by atoms with van der Waals surface area (Å²) >= 11 is 1.35. The van der Waals surface area contributed by atoms with Crippen LogP contribution >= 0.6 is 11.3 Å². The Hall–Kier alpha value is -4.38. The number of hydrazone groups is 1. The van der Waals surface area contributed by atoms with Crippen molar-refractivity contribution in [3.05, 3.63) is 86.3 Å². The smallest absolute Gasteiger partial charge is 0.263 e. The van der Waals surface area contributed by atoms with E-state index in [0.717, 1.165) is 23.3 Å². The maximum absolute atomic E-state index is 13.0. The molecule has 11 heteroatoms. The molecule has 0 atom stereocenters. The summed E-state index contributed by atoms with van der Waals surface area (Å²) in [5, 5.41) is 28.3. The summed E-state index contributed by atoms with van der Waals surface area (Å²) in [4.78, 5) is 40.1. The molecule has 2 aromatic heterocycles. The molecular weight excluding hydrogens is 434 g/mol. The highest BCUT2D eigenvalue weighted by atomic mass is 32.1.